The van der Waals surface area contributed by atoms with E-state index in [1.165, 1.54) is 13.2 Å². The third-order valence-corrected chi connectivity index (χ3v) is 4.83. The number of nitrogens with one attached hydrogen (secondary N) is 2. The average Bonchev–Trinajstić information content (AvgIpc) is 3.18. The molecule has 1 aliphatic rings. The molecule has 1 fully saturated rings. The highest BCUT2D eigenvalue weighted by Crippen LogP contribution is 2.26. The summed E-state index contributed by atoms with van der Waals surface area (Å²) in [7, 11) is 1.53. The summed E-state index contributed by atoms with van der Waals surface area (Å²) < 4.78 is 19.1. The lowest BCUT2D eigenvalue weighted by atomic mass is 10.1. The molecule has 1 unspecified atom stereocenters. The van der Waals surface area contributed by atoms with Crippen LogP contribution in [0.25, 0.3) is 0 Å². The number of phenols is 1. The van der Waals surface area contributed by atoms with E-state index in [2.05, 4.69) is 20.6 Å². The number of hydrogen-bond donors (Lipinski definition) is 3. The van der Waals surface area contributed by atoms with Gasteiger partial charge in [-0.15, -0.1) is 0 Å². The lowest BCUT2D eigenvalue weighted by Crippen LogP contribution is -2.44. The quantitative estimate of drug-likeness (QED) is 0.488. The van der Waals surface area contributed by atoms with Gasteiger partial charge in [-0.2, -0.15) is 0 Å². The summed E-state index contributed by atoms with van der Waals surface area (Å²) in [4.78, 5) is 10.8. The molecule has 0 aliphatic carbocycles. The summed E-state index contributed by atoms with van der Waals surface area (Å²) in [6.45, 7) is 4.79. The van der Waals surface area contributed by atoms with Crippen LogP contribution in [0.15, 0.2) is 41.5 Å². The van der Waals surface area contributed by atoms with Crippen LogP contribution in [-0.4, -0.2) is 55.4 Å². The fourth-order valence-electron chi connectivity index (χ4n) is 3.37. The predicted molar refractivity (Wildman–Crippen MR) is 112 cm³/mol. The molecule has 3 N–H and O–H groups in total. The van der Waals surface area contributed by atoms with Crippen molar-refractivity contribution >= 4 is 11.8 Å². The molecule has 3 rings (SSSR count). The van der Waals surface area contributed by atoms with Gasteiger partial charge in [0.05, 0.1) is 7.11 Å². The molecule has 0 bridgehead atoms. The molecule has 1 saturated heterocycles. The number of pyridine rings is 1. The molecule has 1 aromatic carbocycles. The summed E-state index contributed by atoms with van der Waals surface area (Å²) in [5.74, 6) is 1.44. The summed E-state index contributed by atoms with van der Waals surface area (Å²) in [5, 5.41) is 16.4. The van der Waals surface area contributed by atoms with E-state index in [4.69, 9.17) is 4.74 Å². The maximum absolute atomic E-state index is 14.0. The van der Waals surface area contributed by atoms with Crippen LogP contribution in [-0.2, 0) is 6.42 Å². The summed E-state index contributed by atoms with van der Waals surface area (Å²) in [5.41, 5.74) is 1.04. The molecular formula is C21H28FN5O2. The maximum atomic E-state index is 14.0. The van der Waals surface area contributed by atoms with E-state index in [0.29, 0.717) is 24.7 Å². The van der Waals surface area contributed by atoms with E-state index in [1.54, 1.807) is 18.3 Å². The molecule has 2 aromatic rings. The Morgan fingerprint density at radius 1 is 1.41 bits per heavy atom. The largest absolute Gasteiger partial charge is 0.504 e. The number of hydrogen-bond acceptors (Lipinski definition) is 5. The second kappa shape index (κ2) is 9.95. The zero-order chi connectivity index (χ0) is 20.6. The number of nitrogens with zero attached hydrogens (tertiary/aromatic N) is 3. The number of benzene rings is 1. The Labute approximate surface area is 170 Å². The zero-order valence-electron chi connectivity index (χ0n) is 16.9. The van der Waals surface area contributed by atoms with Gasteiger partial charge < -0.3 is 25.4 Å². The summed E-state index contributed by atoms with van der Waals surface area (Å²) in [6, 6.07) is 8.52. The fourth-order valence-corrected chi connectivity index (χ4v) is 3.37. The SMILES string of the molecule is CCNC(=NCCc1ccc(O)c(OC)c1)NC1CCN(c2ncccc2F)C1. The van der Waals surface area contributed by atoms with Crippen molar-refractivity contribution in [1.29, 1.82) is 0 Å². The number of rotatable bonds is 7. The lowest BCUT2D eigenvalue weighted by molar-refractivity contribution is 0.373. The molecule has 0 amide bonds. The molecule has 29 heavy (non-hydrogen) atoms. The lowest BCUT2D eigenvalue weighted by Gasteiger charge is -2.20. The number of methoxy groups -OCH3 is 1. The van der Waals surface area contributed by atoms with Crippen LogP contribution in [0.2, 0.25) is 0 Å². The van der Waals surface area contributed by atoms with E-state index in [1.807, 2.05) is 24.0 Å². The Bertz CT molecular complexity index is 846. The van der Waals surface area contributed by atoms with Crippen LogP contribution in [0.4, 0.5) is 10.2 Å². The highest BCUT2D eigenvalue weighted by molar-refractivity contribution is 5.80. The second-order valence-electron chi connectivity index (χ2n) is 6.90. The Morgan fingerprint density at radius 2 is 2.28 bits per heavy atom. The molecule has 0 radical (unpaired) electrons. The first-order valence-electron chi connectivity index (χ1n) is 9.87. The van der Waals surface area contributed by atoms with Crippen LogP contribution in [0.1, 0.15) is 18.9 Å². The zero-order valence-corrected chi connectivity index (χ0v) is 16.9. The first-order chi connectivity index (χ1) is 14.1. The monoisotopic (exact) mass is 401 g/mol. The van der Waals surface area contributed by atoms with Gasteiger partial charge in [-0.1, -0.05) is 6.07 Å². The first-order valence-corrected chi connectivity index (χ1v) is 9.87. The van der Waals surface area contributed by atoms with Crippen molar-refractivity contribution in [3.63, 3.8) is 0 Å². The third kappa shape index (κ3) is 5.49. The third-order valence-electron chi connectivity index (χ3n) is 4.83. The Balaban J connectivity index is 1.56. The van der Waals surface area contributed by atoms with Crippen molar-refractivity contribution in [3.8, 4) is 11.5 Å². The van der Waals surface area contributed by atoms with Crippen LogP contribution in [0.3, 0.4) is 0 Å². The number of aromatic nitrogens is 1. The summed E-state index contributed by atoms with van der Waals surface area (Å²) in [6.07, 6.45) is 3.22. The molecular weight excluding hydrogens is 373 g/mol. The topological polar surface area (TPSA) is 82.0 Å². The number of aliphatic imine (C=N–C) groups is 1. The molecule has 8 heteroatoms. The van der Waals surface area contributed by atoms with Crippen LogP contribution in [0, 0.1) is 5.82 Å². The van der Waals surface area contributed by atoms with E-state index in [-0.39, 0.29) is 17.6 Å². The second-order valence-corrected chi connectivity index (χ2v) is 6.90. The predicted octanol–water partition coefficient (Wildman–Crippen LogP) is 2.31. The highest BCUT2D eigenvalue weighted by Gasteiger charge is 2.25. The van der Waals surface area contributed by atoms with Crippen molar-refractivity contribution in [2.75, 3.05) is 38.2 Å². The minimum Gasteiger partial charge on any atom is -0.504 e. The van der Waals surface area contributed by atoms with Gasteiger partial charge in [0, 0.05) is 38.4 Å². The van der Waals surface area contributed by atoms with E-state index in [9.17, 15) is 9.50 Å². The molecule has 2 heterocycles. The minimum atomic E-state index is -0.293. The van der Waals surface area contributed by atoms with E-state index in [0.717, 1.165) is 37.5 Å². The van der Waals surface area contributed by atoms with Gasteiger partial charge in [0.1, 0.15) is 0 Å². The Morgan fingerprint density at radius 3 is 3.03 bits per heavy atom. The van der Waals surface area contributed by atoms with Gasteiger partial charge in [0.15, 0.2) is 29.1 Å². The van der Waals surface area contributed by atoms with Crippen LogP contribution < -0.4 is 20.3 Å². The number of ether oxygens (including phenoxy) is 1. The van der Waals surface area contributed by atoms with Gasteiger partial charge in [-0.3, -0.25) is 4.99 Å². The maximum Gasteiger partial charge on any atom is 0.191 e. The Kier molecular flexibility index (Phi) is 7.10. The minimum absolute atomic E-state index is 0.130. The number of halogens is 1. The van der Waals surface area contributed by atoms with E-state index >= 15 is 0 Å². The molecule has 0 saturated carbocycles. The fraction of sp³-hybridized carbons (Fsp3) is 0.429. The van der Waals surface area contributed by atoms with Gasteiger partial charge in [0.2, 0.25) is 0 Å². The standard InChI is InChI=1S/C21H28FN5O2/c1-3-23-21(25-11-8-15-6-7-18(28)19(13-15)29-2)26-16-9-12-27(14-16)20-17(22)5-4-10-24-20/h4-7,10,13,16,28H,3,8-9,11-12,14H2,1-2H3,(H2,23,25,26). The smallest absolute Gasteiger partial charge is 0.191 e. The molecule has 7 nitrogen and oxygen atoms in total. The van der Waals surface area contributed by atoms with Gasteiger partial charge in [0.25, 0.3) is 0 Å². The van der Waals surface area contributed by atoms with Crippen molar-refractivity contribution in [2.24, 2.45) is 4.99 Å². The van der Waals surface area contributed by atoms with Crippen molar-refractivity contribution in [1.82, 2.24) is 15.6 Å². The molecule has 1 aromatic heterocycles. The average molecular weight is 401 g/mol. The van der Waals surface area contributed by atoms with Crippen LogP contribution >= 0.6 is 0 Å². The number of aromatic hydroxyl groups is 1. The molecule has 1 atom stereocenters. The van der Waals surface area contributed by atoms with Crippen molar-refractivity contribution in [2.45, 2.75) is 25.8 Å². The number of phenolic OH excluding ortho intramolecular Hbond substituents is 1. The van der Waals surface area contributed by atoms with Crippen molar-refractivity contribution in [3.05, 3.63) is 47.9 Å². The van der Waals surface area contributed by atoms with E-state index < -0.39 is 0 Å². The van der Waals surface area contributed by atoms with Crippen LogP contribution in [0.5, 0.6) is 11.5 Å². The van der Waals surface area contributed by atoms with Crippen molar-refractivity contribution < 1.29 is 14.2 Å². The molecule has 156 valence electrons. The first kappa shape index (κ1) is 20.7. The summed E-state index contributed by atoms with van der Waals surface area (Å²) >= 11 is 0. The molecule has 1 aliphatic heterocycles. The number of anilines is 1. The van der Waals surface area contributed by atoms with Gasteiger partial charge in [-0.05, 0) is 49.6 Å². The highest BCUT2D eigenvalue weighted by atomic mass is 19.1. The molecule has 0 spiro atoms. The Hall–Kier alpha value is -3.03. The normalized spacial score (nSPS) is 16.7. The number of guanidine groups is 1. The van der Waals surface area contributed by atoms with Gasteiger partial charge >= 0.3 is 0 Å². The van der Waals surface area contributed by atoms with Gasteiger partial charge in [-0.25, -0.2) is 9.37 Å².